The van der Waals surface area contributed by atoms with E-state index in [4.69, 9.17) is 4.42 Å². The average Bonchev–Trinajstić information content (AvgIpc) is 3.27. The van der Waals surface area contributed by atoms with Gasteiger partial charge in [-0.1, -0.05) is 48.5 Å². The van der Waals surface area contributed by atoms with Crippen molar-refractivity contribution in [2.24, 2.45) is 0 Å². The van der Waals surface area contributed by atoms with E-state index in [2.05, 4.69) is 25.6 Å². The molecular formula is C16H12N6O. The molecule has 0 unspecified atom stereocenters. The van der Waals surface area contributed by atoms with Crippen molar-refractivity contribution < 1.29 is 4.42 Å². The van der Waals surface area contributed by atoms with Crippen LogP contribution in [-0.2, 0) is 6.54 Å². The molecule has 0 N–H and O–H groups in total. The highest BCUT2D eigenvalue weighted by Crippen LogP contribution is 2.17. The van der Waals surface area contributed by atoms with E-state index in [0.717, 1.165) is 11.1 Å². The number of hydrogen-bond donors (Lipinski definition) is 0. The predicted molar refractivity (Wildman–Crippen MR) is 82.1 cm³/mol. The van der Waals surface area contributed by atoms with Gasteiger partial charge in [0, 0.05) is 11.1 Å². The van der Waals surface area contributed by atoms with Crippen LogP contribution >= 0.6 is 0 Å². The molecule has 0 atom stereocenters. The number of hydrogen-bond acceptors (Lipinski definition) is 6. The molecule has 0 saturated carbocycles. The zero-order chi connectivity index (χ0) is 15.5. The summed E-state index contributed by atoms with van der Waals surface area (Å²) in [5.74, 6) is 1.47. The van der Waals surface area contributed by atoms with Gasteiger partial charge in [-0.25, -0.2) is 0 Å². The van der Waals surface area contributed by atoms with Gasteiger partial charge in [-0.2, -0.15) is 4.80 Å². The molecule has 0 radical (unpaired) electrons. The molecule has 7 nitrogen and oxygen atoms in total. The molecule has 2 aromatic heterocycles. The average molecular weight is 304 g/mol. The van der Waals surface area contributed by atoms with Crippen molar-refractivity contribution in [3.05, 3.63) is 66.6 Å². The molecule has 7 heteroatoms. The molecule has 112 valence electrons. The van der Waals surface area contributed by atoms with Crippen molar-refractivity contribution in [2.75, 3.05) is 0 Å². The Kier molecular flexibility index (Phi) is 3.36. The molecular weight excluding hydrogens is 292 g/mol. The molecule has 4 aromatic rings. The lowest BCUT2D eigenvalue weighted by Crippen LogP contribution is -2.04. The van der Waals surface area contributed by atoms with Crippen molar-refractivity contribution in [3.8, 4) is 22.8 Å². The Morgan fingerprint density at radius 1 is 0.783 bits per heavy atom. The van der Waals surface area contributed by atoms with Crippen molar-refractivity contribution in [2.45, 2.75) is 6.54 Å². The standard InChI is InChI=1S/C16H12N6O/c1-3-7-12(8-4-1)15-18-21-22(20-15)11-14-17-19-16(23-14)13-9-5-2-6-10-13/h1-10H,11H2. The Morgan fingerprint density at radius 3 is 2.22 bits per heavy atom. The molecule has 0 fully saturated rings. The van der Waals surface area contributed by atoms with Gasteiger partial charge in [0.1, 0.15) is 6.54 Å². The lowest BCUT2D eigenvalue weighted by molar-refractivity contribution is 0.446. The van der Waals surface area contributed by atoms with Gasteiger partial charge in [-0.15, -0.1) is 20.4 Å². The summed E-state index contributed by atoms with van der Waals surface area (Å²) in [6, 6.07) is 19.3. The highest BCUT2D eigenvalue weighted by Gasteiger charge is 2.11. The monoisotopic (exact) mass is 304 g/mol. The highest BCUT2D eigenvalue weighted by molar-refractivity contribution is 5.53. The molecule has 2 heterocycles. The summed E-state index contributed by atoms with van der Waals surface area (Å²) in [7, 11) is 0. The van der Waals surface area contributed by atoms with Gasteiger partial charge in [0.15, 0.2) is 0 Å². The number of benzene rings is 2. The third kappa shape index (κ3) is 2.84. The molecule has 0 aliphatic rings. The molecule has 0 bridgehead atoms. The molecule has 2 aromatic carbocycles. The molecule has 23 heavy (non-hydrogen) atoms. The van der Waals surface area contributed by atoms with Crippen molar-refractivity contribution in [1.82, 2.24) is 30.4 Å². The lowest BCUT2D eigenvalue weighted by Gasteiger charge is -1.94. The van der Waals surface area contributed by atoms with Gasteiger partial charge >= 0.3 is 0 Å². The summed E-state index contributed by atoms with van der Waals surface area (Å²) in [6.07, 6.45) is 0. The van der Waals surface area contributed by atoms with Crippen LogP contribution in [0.1, 0.15) is 5.89 Å². The van der Waals surface area contributed by atoms with E-state index in [0.29, 0.717) is 17.6 Å². The maximum atomic E-state index is 5.64. The number of nitrogens with zero attached hydrogens (tertiary/aromatic N) is 6. The van der Waals surface area contributed by atoms with Crippen LogP contribution in [0.5, 0.6) is 0 Å². The van der Waals surface area contributed by atoms with Crippen LogP contribution in [0.2, 0.25) is 0 Å². The second-order valence-electron chi connectivity index (χ2n) is 4.88. The zero-order valence-electron chi connectivity index (χ0n) is 12.1. The maximum Gasteiger partial charge on any atom is 0.247 e. The minimum absolute atomic E-state index is 0.277. The van der Waals surface area contributed by atoms with E-state index in [9.17, 15) is 0 Å². The maximum absolute atomic E-state index is 5.64. The van der Waals surface area contributed by atoms with E-state index >= 15 is 0 Å². The van der Waals surface area contributed by atoms with Crippen LogP contribution in [-0.4, -0.2) is 30.4 Å². The predicted octanol–water partition coefficient (Wildman–Crippen LogP) is 2.44. The largest absolute Gasteiger partial charge is 0.419 e. The second-order valence-corrected chi connectivity index (χ2v) is 4.88. The van der Waals surface area contributed by atoms with Gasteiger partial charge in [-0.3, -0.25) is 0 Å². The smallest absolute Gasteiger partial charge is 0.247 e. The minimum atomic E-state index is 0.277. The summed E-state index contributed by atoms with van der Waals surface area (Å²) >= 11 is 0. The van der Waals surface area contributed by atoms with Crippen LogP contribution in [0.25, 0.3) is 22.8 Å². The van der Waals surface area contributed by atoms with Crippen molar-refractivity contribution in [1.29, 1.82) is 0 Å². The van der Waals surface area contributed by atoms with Crippen LogP contribution in [0.4, 0.5) is 0 Å². The van der Waals surface area contributed by atoms with Gasteiger partial charge in [0.25, 0.3) is 0 Å². The summed E-state index contributed by atoms with van der Waals surface area (Å²) in [5.41, 5.74) is 1.79. The fourth-order valence-corrected chi connectivity index (χ4v) is 2.15. The highest BCUT2D eigenvalue weighted by atomic mass is 16.4. The molecule has 0 saturated heterocycles. The van der Waals surface area contributed by atoms with E-state index in [1.165, 1.54) is 4.80 Å². The SMILES string of the molecule is c1ccc(-c2nnn(Cc3nnc(-c4ccccc4)o3)n2)cc1. The van der Waals surface area contributed by atoms with E-state index in [-0.39, 0.29) is 6.54 Å². The van der Waals surface area contributed by atoms with Crippen LogP contribution < -0.4 is 0 Å². The first-order valence-electron chi connectivity index (χ1n) is 7.09. The normalized spacial score (nSPS) is 10.8. The molecule has 0 aliphatic carbocycles. The third-order valence-corrected chi connectivity index (χ3v) is 3.25. The van der Waals surface area contributed by atoms with E-state index in [1.807, 2.05) is 60.7 Å². The van der Waals surface area contributed by atoms with Crippen LogP contribution in [0.15, 0.2) is 65.1 Å². The summed E-state index contributed by atoms with van der Waals surface area (Å²) in [6.45, 7) is 0.277. The van der Waals surface area contributed by atoms with Gasteiger partial charge < -0.3 is 4.42 Å². The summed E-state index contributed by atoms with van der Waals surface area (Å²) in [4.78, 5) is 1.44. The molecule has 0 amide bonds. The fourth-order valence-electron chi connectivity index (χ4n) is 2.15. The molecule has 0 spiro atoms. The Bertz CT molecular complexity index is 825. The van der Waals surface area contributed by atoms with Gasteiger partial charge in [0.2, 0.25) is 17.6 Å². The van der Waals surface area contributed by atoms with Crippen molar-refractivity contribution in [3.63, 3.8) is 0 Å². The number of rotatable bonds is 4. The Hall–Kier alpha value is -3.35. The Morgan fingerprint density at radius 2 is 1.48 bits per heavy atom. The van der Waals surface area contributed by atoms with E-state index in [1.54, 1.807) is 0 Å². The van der Waals surface area contributed by atoms with Crippen LogP contribution in [0, 0.1) is 0 Å². The first-order chi connectivity index (χ1) is 11.4. The summed E-state index contributed by atoms with van der Waals surface area (Å²) < 4.78 is 5.64. The van der Waals surface area contributed by atoms with E-state index < -0.39 is 0 Å². The minimum Gasteiger partial charge on any atom is -0.419 e. The first kappa shape index (κ1) is 13.3. The number of tetrazole rings is 1. The zero-order valence-corrected chi connectivity index (χ0v) is 12.1. The fraction of sp³-hybridized carbons (Fsp3) is 0.0625. The first-order valence-corrected chi connectivity index (χ1v) is 7.09. The molecule has 0 aliphatic heterocycles. The van der Waals surface area contributed by atoms with Gasteiger partial charge in [0.05, 0.1) is 0 Å². The Balaban J connectivity index is 1.53. The second kappa shape index (κ2) is 5.80. The summed E-state index contributed by atoms with van der Waals surface area (Å²) in [5, 5.41) is 20.4. The number of aromatic nitrogens is 6. The van der Waals surface area contributed by atoms with Crippen LogP contribution in [0.3, 0.4) is 0 Å². The Labute approximate surface area is 131 Å². The quantitative estimate of drug-likeness (QED) is 0.576. The van der Waals surface area contributed by atoms with Gasteiger partial charge in [-0.05, 0) is 17.3 Å². The third-order valence-electron chi connectivity index (χ3n) is 3.25. The molecule has 4 rings (SSSR count). The lowest BCUT2D eigenvalue weighted by atomic mass is 10.2. The van der Waals surface area contributed by atoms with Crippen molar-refractivity contribution >= 4 is 0 Å². The topological polar surface area (TPSA) is 82.5 Å².